The minimum absolute atomic E-state index is 0.125. The fraction of sp³-hybridized carbons (Fsp3) is 1.00. The first-order valence-corrected chi connectivity index (χ1v) is 6.29. The molecule has 1 atom stereocenters. The van der Waals surface area contributed by atoms with E-state index in [9.17, 15) is 8.42 Å². The van der Waals surface area contributed by atoms with Crippen molar-refractivity contribution in [1.82, 2.24) is 0 Å². The summed E-state index contributed by atoms with van der Waals surface area (Å²) < 4.78 is 21.9. The first kappa shape index (κ1) is 11.9. The summed E-state index contributed by atoms with van der Waals surface area (Å²) in [5, 5.41) is 0. The molecule has 0 aromatic carbocycles. The molecule has 0 aliphatic carbocycles. The van der Waals surface area contributed by atoms with E-state index in [2.05, 4.69) is 13.8 Å². The number of hydrogen-bond acceptors (Lipinski definition) is 3. The lowest BCUT2D eigenvalue weighted by Gasteiger charge is -2.15. The Morgan fingerprint density at radius 2 is 1.83 bits per heavy atom. The van der Waals surface area contributed by atoms with Crippen molar-refractivity contribution < 1.29 is 8.42 Å². The fourth-order valence-corrected chi connectivity index (χ4v) is 2.46. The third-order valence-electron chi connectivity index (χ3n) is 1.68. The van der Waals surface area contributed by atoms with E-state index in [0.29, 0.717) is 12.5 Å². The Morgan fingerprint density at radius 1 is 1.33 bits per heavy atom. The minimum Gasteiger partial charge on any atom is -0.330 e. The molecule has 0 fully saturated rings. The number of sulfone groups is 1. The molecule has 74 valence electrons. The predicted octanol–water partition coefficient (Wildman–Crippen LogP) is 0.652. The highest BCUT2D eigenvalue weighted by Crippen LogP contribution is 2.12. The lowest BCUT2D eigenvalue weighted by Crippen LogP contribution is -2.24. The van der Waals surface area contributed by atoms with Gasteiger partial charge < -0.3 is 5.73 Å². The summed E-state index contributed by atoms with van der Waals surface area (Å²) in [6, 6.07) is 0. The molecule has 3 nitrogen and oxygen atoms in total. The second-order valence-electron chi connectivity index (χ2n) is 3.82. The molecule has 12 heavy (non-hydrogen) atoms. The summed E-state index contributed by atoms with van der Waals surface area (Å²) in [5.41, 5.74) is 5.46. The summed E-state index contributed by atoms with van der Waals surface area (Å²) >= 11 is 0. The molecule has 0 saturated heterocycles. The lowest BCUT2D eigenvalue weighted by atomic mass is 9.99. The normalized spacial score (nSPS) is 15.1. The summed E-state index contributed by atoms with van der Waals surface area (Å²) in [6.07, 6.45) is 2.15. The minimum atomic E-state index is -2.86. The van der Waals surface area contributed by atoms with Gasteiger partial charge in [-0.3, -0.25) is 0 Å². The Kier molecular flexibility index (Phi) is 4.78. The van der Waals surface area contributed by atoms with Crippen LogP contribution < -0.4 is 5.73 Å². The molecule has 0 aliphatic heterocycles. The van der Waals surface area contributed by atoms with Crippen molar-refractivity contribution in [3.63, 3.8) is 0 Å². The molecular weight excluding hydrogens is 174 g/mol. The van der Waals surface area contributed by atoms with Gasteiger partial charge in [0.05, 0.1) is 5.75 Å². The van der Waals surface area contributed by atoms with Crippen LogP contribution >= 0.6 is 0 Å². The van der Waals surface area contributed by atoms with Crippen LogP contribution in [-0.2, 0) is 9.84 Å². The molecule has 0 rings (SSSR count). The average Bonchev–Trinajstić information content (AvgIpc) is 1.82. The van der Waals surface area contributed by atoms with Gasteiger partial charge in [-0.05, 0) is 24.8 Å². The van der Waals surface area contributed by atoms with Crippen molar-refractivity contribution in [2.75, 3.05) is 18.6 Å². The first-order chi connectivity index (χ1) is 5.35. The Bertz CT molecular complexity index is 209. The second kappa shape index (κ2) is 4.82. The van der Waals surface area contributed by atoms with Crippen LogP contribution in [0.15, 0.2) is 0 Å². The molecule has 0 bridgehead atoms. The average molecular weight is 193 g/mol. The summed E-state index contributed by atoms with van der Waals surface area (Å²) in [4.78, 5) is 0. The molecule has 0 heterocycles. The Morgan fingerprint density at radius 3 is 2.08 bits per heavy atom. The topological polar surface area (TPSA) is 60.2 Å². The van der Waals surface area contributed by atoms with E-state index in [4.69, 9.17) is 5.73 Å². The van der Waals surface area contributed by atoms with Gasteiger partial charge >= 0.3 is 0 Å². The van der Waals surface area contributed by atoms with Gasteiger partial charge in [-0.15, -0.1) is 0 Å². The quantitative estimate of drug-likeness (QED) is 0.697. The second-order valence-corrected chi connectivity index (χ2v) is 6.01. The maximum atomic E-state index is 10.9. The Labute approximate surface area is 75.3 Å². The number of rotatable bonds is 5. The lowest BCUT2D eigenvalue weighted by molar-refractivity contribution is 0.445. The van der Waals surface area contributed by atoms with E-state index in [1.165, 1.54) is 6.26 Å². The van der Waals surface area contributed by atoms with Gasteiger partial charge in [-0.25, -0.2) is 8.42 Å². The zero-order valence-corrected chi connectivity index (χ0v) is 8.89. The van der Waals surface area contributed by atoms with E-state index >= 15 is 0 Å². The van der Waals surface area contributed by atoms with Crippen molar-refractivity contribution in [3.8, 4) is 0 Å². The van der Waals surface area contributed by atoms with Gasteiger partial charge in [-0.2, -0.15) is 0 Å². The van der Waals surface area contributed by atoms with Crippen LogP contribution in [0.1, 0.15) is 20.3 Å². The Balaban J connectivity index is 4.01. The monoisotopic (exact) mass is 193 g/mol. The predicted molar refractivity (Wildman–Crippen MR) is 51.7 cm³/mol. The third-order valence-corrected chi connectivity index (χ3v) is 2.75. The summed E-state index contributed by atoms with van der Waals surface area (Å²) in [5.74, 6) is 0.863. The van der Waals surface area contributed by atoms with Crippen molar-refractivity contribution in [2.24, 2.45) is 17.6 Å². The molecule has 1 unspecified atom stereocenters. The van der Waals surface area contributed by atoms with Crippen LogP contribution in [0.25, 0.3) is 0 Å². The van der Waals surface area contributed by atoms with Gasteiger partial charge in [0.2, 0.25) is 0 Å². The number of hydrogen-bond donors (Lipinski definition) is 1. The number of nitrogens with two attached hydrogens (primary N) is 1. The zero-order chi connectivity index (χ0) is 9.78. The zero-order valence-electron chi connectivity index (χ0n) is 8.08. The SMILES string of the molecule is CC(C)CC(CN)CS(C)(=O)=O. The first-order valence-electron chi connectivity index (χ1n) is 4.23. The van der Waals surface area contributed by atoms with E-state index in [1.807, 2.05) is 0 Å². The smallest absolute Gasteiger partial charge is 0.147 e. The van der Waals surface area contributed by atoms with Crippen LogP contribution in [0.4, 0.5) is 0 Å². The maximum Gasteiger partial charge on any atom is 0.147 e. The molecule has 0 saturated carbocycles. The van der Waals surface area contributed by atoms with Crippen molar-refractivity contribution in [1.29, 1.82) is 0 Å². The van der Waals surface area contributed by atoms with Gasteiger partial charge in [0.1, 0.15) is 9.84 Å². The van der Waals surface area contributed by atoms with Crippen molar-refractivity contribution in [3.05, 3.63) is 0 Å². The van der Waals surface area contributed by atoms with E-state index in [1.54, 1.807) is 0 Å². The maximum absolute atomic E-state index is 10.9. The molecule has 0 aliphatic rings. The molecule has 4 heteroatoms. The molecule has 0 radical (unpaired) electrons. The van der Waals surface area contributed by atoms with Crippen LogP contribution in [0.5, 0.6) is 0 Å². The van der Waals surface area contributed by atoms with Gasteiger partial charge in [-0.1, -0.05) is 13.8 Å². The fourth-order valence-electron chi connectivity index (χ4n) is 1.33. The molecule has 2 N–H and O–H groups in total. The standard InChI is InChI=1S/C8H19NO2S/c1-7(2)4-8(5-9)6-12(3,10)11/h7-8H,4-6,9H2,1-3H3. The molecule has 0 aromatic rings. The summed E-state index contributed by atoms with van der Waals surface area (Å²) in [6.45, 7) is 4.61. The van der Waals surface area contributed by atoms with Gasteiger partial charge in [0.15, 0.2) is 0 Å². The van der Waals surface area contributed by atoms with Crippen LogP contribution in [0.3, 0.4) is 0 Å². The molecule has 0 spiro atoms. The molecule has 0 amide bonds. The summed E-state index contributed by atoms with van der Waals surface area (Å²) in [7, 11) is -2.86. The van der Waals surface area contributed by atoms with Crippen LogP contribution in [0.2, 0.25) is 0 Å². The Hall–Kier alpha value is -0.0900. The molecular formula is C8H19NO2S. The third kappa shape index (κ3) is 6.61. The largest absolute Gasteiger partial charge is 0.330 e. The van der Waals surface area contributed by atoms with Crippen LogP contribution in [0, 0.1) is 11.8 Å². The van der Waals surface area contributed by atoms with Crippen molar-refractivity contribution >= 4 is 9.84 Å². The van der Waals surface area contributed by atoms with Crippen molar-refractivity contribution in [2.45, 2.75) is 20.3 Å². The highest BCUT2D eigenvalue weighted by atomic mass is 32.2. The highest BCUT2D eigenvalue weighted by Gasteiger charge is 2.14. The molecule has 0 aromatic heterocycles. The highest BCUT2D eigenvalue weighted by molar-refractivity contribution is 7.90. The van der Waals surface area contributed by atoms with Crippen LogP contribution in [-0.4, -0.2) is 27.0 Å². The van der Waals surface area contributed by atoms with Gasteiger partial charge in [0, 0.05) is 6.26 Å². The van der Waals surface area contributed by atoms with E-state index in [0.717, 1.165) is 6.42 Å². The van der Waals surface area contributed by atoms with E-state index < -0.39 is 9.84 Å². The van der Waals surface area contributed by atoms with Gasteiger partial charge in [0.25, 0.3) is 0 Å². The van der Waals surface area contributed by atoms with E-state index in [-0.39, 0.29) is 11.7 Å².